The largest absolute Gasteiger partial charge is 0.295 e. The van der Waals surface area contributed by atoms with Crippen molar-refractivity contribution in [1.82, 2.24) is 30.4 Å². The molecule has 2 aromatic heterocycles. The molecule has 2 heterocycles. The summed E-state index contributed by atoms with van der Waals surface area (Å²) in [6, 6.07) is 3.82. The number of nitrogens with zero attached hydrogens (tertiary/aromatic N) is 5. The molecule has 0 fully saturated rings. The zero-order valence-corrected chi connectivity index (χ0v) is 14.3. The first-order chi connectivity index (χ1) is 11.0. The molecule has 0 radical (unpaired) electrons. The number of aromatic nitrogens is 6. The van der Waals surface area contributed by atoms with Gasteiger partial charge in [-0.1, -0.05) is 21.0 Å². The van der Waals surface area contributed by atoms with Crippen LogP contribution < -0.4 is 5.56 Å². The molecule has 3 rings (SSSR count). The highest BCUT2D eigenvalue weighted by Crippen LogP contribution is 2.24. The van der Waals surface area contributed by atoms with Crippen LogP contribution in [-0.2, 0) is 0 Å². The van der Waals surface area contributed by atoms with Crippen molar-refractivity contribution < 1.29 is 0 Å². The molecule has 0 unspecified atom stereocenters. The van der Waals surface area contributed by atoms with Crippen LogP contribution in [0.3, 0.4) is 0 Å². The summed E-state index contributed by atoms with van der Waals surface area (Å²) in [5, 5.41) is 16.2. The number of nitrogens with one attached hydrogen (secondary N) is 2. The van der Waals surface area contributed by atoms with Crippen LogP contribution in [0.5, 0.6) is 0 Å². The molecule has 0 amide bonds. The highest BCUT2D eigenvalue weighted by atomic mass is 79.9. The van der Waals surface area contributed by atoms with Gasteiger partial charge in [-0.2, -0.15) is 5.21 Å². The Morgan fingerprint density at radius 2 is 2.04 bits per heavy atom. The van der Waals surface area contributed by atoms with Gasteiger partial charge in [0, 0.05) is 16.4 Å². The number of hydrogen-bond donors (Lipinski definition) is 2. The summed E-state index contributed by atoms with van der Waals surface area (Å²) in [5.74, 6) is 0.173. The van der Waals surface area contributed by atoms with E-state index in [1.165, 1.54) is 10.9 Å². The fourth-order valence-electron chi connectivity index (χ4n) is 2.23. The quantitative estimate of drug-likeness (QED) is 0.683. The Morgan fingerprint density at radius 1 is 1.26 bits per heavy atom. The Balaban J connectivity index is 2.08. The van der Waals surface area contributed by atoms with Gasteiger partial charge in [0.1, 0.15) is 0 Å². The summed E-state index contributed by atoms with van der Waals surface area (Å²) in [6.07, 6.45) is 1.44. The molecule has 0 spiro atoms. The van der Waals surface area contributed by atoms with Crippen molar-refractivity contribution in [2.24, 2.45) is 4.99 Å². The molecule has 1 aromatic carbocycles. The molecular weight excluding hydrogens is 362 g/mol. The maximum atomic E-state index is 12.7. The zero-order chi connectivity index (χ0) is 16.6. The predicted octanol–water partition coefficient (Wildman–Crippen LogP) is 2.12. The summed E-state index contributed by atoms with van der Waals surface area (Å²) in [7, 11) is 0. The maximum Gasteiger partial charge on any atom is 0.288 e. The van der Waals surface area contributed by atoms with Gasteiger partial charge < -0.3 is 0 Å². The lowest BCUT2D eigenvalue weighted by molar-refractivity contribution is 0.827. The summed E-state index contributed by atoms with van der Waals surface area (Å²) < 4.78 is 2.52. The van der Waals surface area contributed by atoms with E-state index in [-0.39, 0.29) is 11.5 Å². The monoisotopic (exact) mass is 375 g/mol. The van der Waals surface area contributed by atoms with Crippen LogP contribution >= 0.6 is 15.9 Å². The van der Waals surface area contributed by atoms with Gasteiger partial charge in [-0.3, -0.25) is 9.89 Å². The van der Waals surface area contributed by atoms with E-state index in [4.69, 9.17) is 0 Å². The van der Waals surface area contributed by atoms with Crippen molar-refractivity contribution in [2.45, 2.75) is 20.8 Å². The van der Waals surface area contributed by atoms with Crippen LogP contribution in [0.15, 0.2) is 26.4 Å². The molecule has 23 heavy (non-hydrogen) atoms. The molecule has 0 saturated carbocycles. The Kier molecular flexibility index (Phi) is 3.95. The zero-order valence-electron chi connectivity index (χ0n) is 12.8. The molecule has 0 aliphatic heterocycles. The molecule has 0 aliphatic rings. The first kappa shape index (κ1) is 15.3. The number of H-pyrrole nitrogens is 2. The van der Waals surface area contributed by atoms with Crippen LogP contribution in [-0.4, -0.2) is 36.6 Å². The molecule has 0 bridgehead atoms. The lowest BCUT2D eigenvalue weighted by Gasteiger charge is -2.10. The van der Waals surface area contributed by atoms with E-state index >= 15 is 0 Å². The van der Waals surface area contributed by atoms with Gasteiger partial charge in [0.15, 0.2) is 0 Å². The van der Waals surface area contributed by atoms with Crippen LogP contribution in [0.25, 0.3) is 5.69 Å². The van der Waals surface area contributed by atoms with Gasteiger partial charge in [-0.15, -0.1) is 5.10 Å². The number of aliphatic imine (C=N–C) groups is 1. The Morgan fingerprint density at radius 3 is 2.74 bits per heavy atom. The molecule has 2 N–H and O–H groups in total. The summed E-state index contributed by atoms with van der Waals surface area (Å²) in [6.45, 7) is 5.80. The smallest absolute Gasteiger partial charge is 0.288 e. The second-order valence-corrected chi connectivity index (χ2v) is 5.93. The fraction of sp³-hybridized carbons (Fsp3) is 0.214. The second-order valence-electron chi connectivity index (χ2n) is 5.08. The highest BCUT2D eigenvalue weighted by Gasteiger charge is 2.14. The molecule has 9 heteroatoms. The Labute approximate surface area is 139 Å². The van der Waals surface area contributed by atoms with Gasteiger partial charge in [0.25, 0.3) is 11.5 Å². The first-order valence-electron chi connectivity index (χ1n) is 6.84. The molecule has 8 nitrogen and oxygen atoms in total. The van der Waals surface area contributed by atoms with Crippen LogP contribution in [0.1, 0.15) is 22.4 Å². The van der Waals surface area contributed by atoms with Gasteiger partial charge in [-0.05, 0) is 49.2 Å². The van der Waals surface area contributed by atoms with Crippen molar-refractivity contribution in [3.63, 3.8) is 0 Å². The van der Waals surface area contributed by atoms with Crippen molar-refractivity contribution in [3.05, 3.63) is 49.3 Å². The minimum atomic E-state index is -0.181. The van der Waals surface area contributed by atoms with E-state index in [1.54, 1.807) is 0 Å². The number of halogens is 1. The van der Waals surface area contributed by atoms with E-state index in [0.717, 1.165) is 21.3 Å². The SMILES string of the molecule is Cc1[nH]n(-c2ccc(Br)c(C)c2C)c(=O)c1C=Nc1nn[nH]n1. The molecule has 0 aliphatic carbocycles. The molecule has 3 aromatic rings. The van der Waals surface area contributed by atoms with E-state index in [1.807, 2.05) is 32.9 Å². The fourth-order valence-corrected chi connectivity index (χ4v) is 2.66. The minimum absolute atomic E-state index is 0.173. The van der Waals surface area contributed by atoms with Crippen molar-refractivity contribution in [1.29, 1.82) is 0 Å². The minimum Gasteiger partial charge on any atom is -0.295 e. The topological polar surface area (TPSA) is 105 Å². The standard InChI is InChI=1S/C14H14BrN7O/c1-7-8(2)12(5-4-11(7)15)22-13(23)10(9(3)19-22)6-16-14-17-20-21-18-14/h4-6,19H,1-3H3,(H,17,18,20,21). The number of hydrogen-bond acceptors (Lipinski definition) is 5. The van der Waals surface area contributed by atoms with Crippen molar-refractivity contribution >= 4 is 28.1 Å². The summed E-state index contributed by atoms with van der Waals surface area (Å²) in [4.78, 5) is 16.7. The number of aromatic amines is 2. The summed E-state index contributed by atoms with van der Waals surface area (Å²) >= 11 is 3.50. The molecule has 0 saturated heterocycles. The highest BCUT2D eigenvalue weighted by molar-refractivity contribution is 9.10. The van der Waals surface area contributed by atoms with Gasteiger partial charge >= 0.3 is 0 Å². The third-order valence-electron chi connectivity index (χ3n) is 3.69. The van der Waals surface area contributed by atoms with E-state index < -0.39 is 0 Å². The Hall–Kier alpha value is -2.55. The van der Waals surface area contributed by atoms with Crippen molar-refractivity contribution in [2.75, 3.05) is 0 Å². The average molecular weight is 376 g/mol. The predicted molar refractivity (Wildman–Crippen MR) is 89.7 cm³/mol. The third-order valence-corrected chi connectivity index (χ3v) is 4.55. The second kappa shape index (κ2) is 5.92. The number of tetrazole rings is 1. The van der Waals surface area contributed by atoms with Crippen LogP contribution in [0.2, 0.25) is 0 Å². The van der Waals surface area contributed by atoms with Gasteiger partial charge in [0.05, 0.1) is 11.3 Å². The lowest BCUT2D eigenvalue weighted by atomic mass is 10.1. The van der Waals surface area contributed by atoms with Crippen LogP contribution in [0.4, 0.5) is 5.95 Å². The number of benzene rings is 1. The van der Waals surface area contributed by atoms with Crippen molar-refractivity contribution in [3.8, 4) is 5.69 Å². The molecule has 0 atom stereocenters. The van der Waals surface area contributed by atoms with E-state index in [0.29, 0.717) is 11.3 Å². The van der Waals surface area contributed by atoms with E-state index in [9.17, 15) is 4.79 Å². The van der Waals surface area contributed by atoms with E-state index in [2.05, 4.69) is 46.6 Å². The average Bonchev–Trinajstić information content (AvgIpc) is 3.13. The maximum absolute atomic E-state index is 12.7. The third kappa shape index (κ3) is 2.74. The van der Waals surface area contributed by atoms with Gasteiger partial charge in [-0.25, -0.2) is 9.67 Å². The normalized spacial score (nSPS) is 11.5. The molecular formula is C14H14BrN7O. The molecule has 118 valence electrons. The van der Waals surface area contributed by atoms with Crippen LogP contribution in [0, 0.1) is 20.8 Å². The summed E-state index contributed by atoms with van der Waals surface area (Å²) in [5.41, 5.74) is 3.89. The first-order valence-corrected chi connectivity index (χ1v) is 7.63. The van der Waals surface area contributed by atoms with Gasteiger partial charge in [0.2, 0.25) is 0 Å². The Bertz CT molecular complexity index is 937. The number of rotatable bonds is 3. The number of aryl methyl sites for hydroxylation is 1. The lowest BCUT2D eigenvalue weighted by Crippen LogP contribution is -2.18.